The number of halogens is 1. The van der Waals surface area contributed by atoms with Crippen molar-refractivity contribution in [3.8, 4) is 11.4 Å². The number of esters is 1. The highest BCUT2D eigenvalue weighted by molar-refractivity contribution is 5.94. The van der Waals surface area contributed by atoms with Crippen LogP contribution in [0.1, 0.15) is 66.1 Å². The Morgan fingerprint density at radius 2 is 2.05 bits per heavy atom. The number of fused-ring (bicyclic) bond motifs is 5. The molecule has 6 rings (SSSR count). The van der Waals surface area contributed by atoms with Crippen LogP contribution in [0, 0.1) is 12.7 Å². The molecule has 0 bridgehead atoms. The number of aromatic nitrogens is 2. The van der Waals surface area contributed by atoms with E-state index < -0.39 is 53.2 Å². The molecule has 0 saturated carbocycles. The molecule has 2 amide bonds. The van der Waals surface area contributed by atoms with Crippen LogP contribution in [-0.4, -0.2) is 49.9 Å². The lowest BCUT2D eigenvalue weighted by Gasteiger charge is -2.31. The maximum absolute atomic E-state index is 15.1. The van der Waals surface area contributed by atoms with Gasteiger partial charge < -0.3 is 35.3 Å². The van der Waals surface area contributed by atoms with Crippen LogP contribution in [0.25, 0.3) is 22.3 Å². The molecule has 3 aliphatic rings. The monoisotopic (exact) mass is 580 g/mol. The van der Waals surface area contributed by atoms with Gasteiger partial charge in [-0.15, -0.1) is 0 Å². The molecule has 220 valence electrons. The molecule has 2 aliphatic heterocycles. The van der Waals surface area contributed by atoms with E-state index in [9.17, 15) is 29.4 Å². The molecule has 12 nitrogen and oxygen atoms in total. The lowest BCUT2D eigenvalue weighted by Crippen LogP contribution is -2.45. The van der Waals surface area contributed by atoms with Gasteiger partial charge in [0.05, 0.1) is 35.1 Å². The zero-order valence-corrected chi connectivity index (χ0v) is 23.1. The number of pyridine rings is 2. The number of benzene rings is 1. The highest BCUT2D eigenvalue weighted by Crippen LogP contribution is 2.46. The van der Waals surface area contributed by atoms with Crippen molar-refractivity contribution in [2.75, 3.05) is 0 Å². The maximum atomic E-state index is 15.1. The first-order valence-corrected chi connectivity index (χ1v) is 13.6. The van der Waals surface area contributed by atoms with E-state index in [1.54, 1.807) is 19.9 Å². The number of nitrogens with zero attached hydrogens (tertiary/aromatic N) is 2. The van der Waals surface area contributed by atoms with Crippen molar-refractivity contribution in [1.29, 1.82) is 0 Å². The first kappa shape index (κ1) is 27.8. The zero-order chi connectivity index (χ0) is 30.2. The number of nitrogens with two attached hydrogens (primary N) is 1. The van der Waals surface area contributed by atoms with Crippen molar-refractivity contribution < 1.29 is 38.5 Å². The Bertz CT molecular complexity index is 1790. The van der Waals surface area contributed by atoms with Gasteiger partial charge in [0.1, 0.15) is 18.5 Å². The van der Waals surface area contributed by atoms with E-state index in [1.807, 2.05) is 0 Å². The smallest absolute Gasteiger partial charge is 0.404 e. The Morgan fingerprint density at radius 3 is 2.74 bits per heavy atom. The van der Waals surface area contributed by atoms with Crippen LogP contribution >= 0.6 is 0 Å². The van der Waals surface area contributed by atoms with Crippen LogP contribution in [-0.2, 0) is 44.2 Å². The molecule has 0 fully saturated rings. The Morgan fingerprint density at radius 1 is 1.31 bits per heavy atom. The highest BCUT2D eigenvalue weighted by Gasteiger charge is 2.46. The second kappa shape index (κ2) is 9.60. The number of cyclic esters (lactones) is 1. The molecule has 2 aromatic heterocycles. The molecule has 0 spiro atoms. The molecule has 13 heteroatoms. The van der Waals surface area contributed by atoms with Gasteiger partial charge >= 0.3 is 12.1 Å². The predicted molar refractivity (Wildman–Crippen MR) is 145 cm³/mol. The fraction of sp³-hybridized carbons (Fsp3) is 0.414. The van der Waals surface area contributed by atoms with Crippen LogP contribution in [0.2, 0.25) is 0 Å². The lowest BCUT2D eigenvalue weighted by molar-refractivity contribution is -0.172. The number of hydrogen-bond donors (Lipinski definition) is 4. The summed E-state index contributed by atoms with van der Waals surface area (Å²) in [5, 5.41) is 25.2. The molecule has 1 unspecified atom stereocenters. The Hall–Kier alpha value is -4.36. The largest absolute Gasteiger partial charge is 0.458 e. The van der Waals surface area contributed by atoms with Crippen molar-refractivity contribution in [3.63, 3.8) is 0 Å². The summed E-state index contributed by atoms with van der Waals surface area (Å²) in [6, 6.07) is 2.20. The third-order valence-corrected chi connectivity index (χ3v) is 8.71. The standard InChI is InChI=1S/C29H29FN4O8/c1-4-29(40)16-7-20-23-14(9-34(20)26(37)15(16)10-41-27(29)38)22-18(33-25(36)24(35)12(3)42-28(31)39)6-5-13-11(2)17(30)8-19(32-23)21(13)22/h7-8,12,18,24,35,40H,4-6,9-10H2,1-3H3,(H2,31,39)(H,33,36)/t12-,18+,24?,29+/m1/s1. The quantitative estimate of drug-likeness (QED) is 0.254. The van der Waals surface area contributed by atoms with Crippen LogP contribution in [0.5, 0.6) is 0 Å². The second-order valence-electron chi connectivity index (χ2n) is 11.0. The molecule has 42 heavy (non-hydrogen) atoms. The minimum absolute atomic E-state index is 0.0207. The average molecular weight is 581 g/mol. The Labute approximate surface area is 238 Å². The van der Waals surface area contributed by atoms with Gasteiger partial charge in [0.2, 0.25) is 0 Å². The molecule has 4 atom stereocenters. The number of aliphatic hydroxyl groups excluding tert-OH is 1. The molecular formula is C29H29FN4O8. The van der Waals surface area contributed by atoms with Crippen LogP contribution in [0.4, 0.5) is 9.18 Å². The van der Waals surface area contributed by atoms with Gasteiger partial charge in [-0.05, 0) is 55.9 Å². The fourth-order valence-corrected chi connectivity index (χ4v) is 6.42. The van der Waals surface area contributed by atoms with Gasteiger partial charge in [-0.25, -0.2) is 19.0 Å². The molecule has 0 saturated heterocycles. The predicted octanol–water partition coefficient (Wildman–Crippen LogP) is 1.48. The van der Waals surface area contributed by atoms with E-state index in [1.165, 1.54) is 17.6 Å². The molecule has 4 heterocycles. The van der Waals surface area contributed by atoms with E-state index in [-0.39, 0.29) is 30.7 Å². The van der Waals surface area contributed by atoms with Crippen molar-refractivity contribution >= 4 is 28.9 Å². The van der Waals surface area contributed by atoms with Gasteiger partial charge in [0, 0.05) is 22.6 Å². The summed E-state index contributed by atoms with van der Waals surface area (Å²) in [6.45, 7) is 4.39. The summed E-state index contributed by atoms with van der Waals surface area (Å²) in [7, 11) is 0. The molecule has 1 aliphatic carbocycles. The number of aryl methyl sites for hydroxylation is 1. The number of carbonyl (C=O) groups is 3. The zero-order valence-electron chi connectivity index (χ0n) is 23.1. The van der Waals surface area contributed by atoms with Crippen molar-refractivity contribution in [2.24, 2.45) is 5.73 Å². The number of hydrogen-bond acceptors (Lipinski definition) is 9. The van der Waals surface area contributed by atoms with E-state index >= 15 is 4.39 Å². The number of carbonyl (C=O) groups excluding carboxylic acids is 3. The number of rotatable bonds is 5. The maximum Gasteiger partial charge on any atom is 0.404 e. The lowest BCUT2D eigenvalue weighted by atomic mass is 9.81. The first-order chi connectivity index (χ1) is 19.9. The Balaban J connectivity index is 1.54. The molecule has 0 radical (unpaired) electrons. The minimum Gasteiger partial charge on any atom is -0.458 e. The summed E-state index contributed by atoms with van der Waals surface area (Å²) in [5.41, 5.74) is 6.30. The van der Waals surface area contributed by atoms with E-state index in [2.05, 4.69) is 5.32 Å². The average Bonchev–Trinajstić information content (AvgIpc) is 3.32. The van der Waals surface area contributed by atoms with Crippen LogP contribution in [0.3, 0.4) is 0 Å². The van der Waals surface area contributed by atoms with Gasteiger partial charge in [0.15, 0.2) is 11.7 Å². The second-order valence-corrected chi connectivity index (χ2v) is 11.0. The van der Waals surface area contributed by atoms with Crippen LogP contribution in [0.15, 0.2) is 16.9 Å². The van der Waals surface area contributed by atoms with E-state index in [0.717, 1.165) is 5.56 Å². The van der Waals surface area contributed by atoms with Gasteiger partial charge in [-0.2, -0.15) is 0 Å². The number of amides is 2. The van der Waals surface area contributed by atoms with Crippen molar-refractivity contribution in [2.45, 2.75) is 77.0 Å². The summed E-state index contributed by atoms with van der Waals surface area (Å²) >= 11 is 0. The molecule has 5 N–H and O–H groups in total. The van der Waals surface area contributed by atoms with Gasteiger partial charge in [0.25, 0.3) is 11.5 Å². The van der Waals surface area contributed by atoms with Crippen molar-refractivity contribution in [3.05, 3.63) is 61.7 Å². The first-order valence-electron chi connectivity index (χ1n) is 13.6. The summed E-state index contributed by atoms with van der Waals surface area (Å²) in [4.78, 5) is 55.2. The van der Waals surface area contributed by atoms with E-state index in [0.29, 0.717) is 51.8 Å². The summed E-state index contributed by atoms with van der Waals surface area (Å²) in [6.07, 6.45) is -3.32. The van der Waals surface area contributed by atoms with Crippen LogP contribution < -0.4 is 16.6 Å². The Kier molecular flexibility index (Phi) is 6.35. The molecular weight excluding hydrogens is 551 g/mol. The van der Waals surface area contributed by atoms with E-state index in [4.69, 9.17) is 20.2 Å². The summed E-state index contributed by atoms with van der Waals surface area (Å²) < 4.78 is 26.4. The molecule has 1 aromatic carbocycles. The number of ether oxygens (including phenoxy) is 2. The minimum atomic E-state index is -2.01. The normalized spacial score (nSPS) is 21.6. The SMILES string of the molecule is CC[C@@]1(O)C(=O)OCc2c1cc1n(c2=O)Cc2c-1nc1cc(F)c(C)c3c1c2[C@@H](NC(=O)C(O)[C@@H](C)OC(N)=O)CC3. The number of nitrogens with one attached hydrogen (secondary N) is 1. The number of primary amides is 1. The third-order valence-electron chi connectivity index (χ3n) is 8.71. The number of aliphatic hydroxyl groups is 2. The van der Waals surface area contributed by atoms with Crippen molar-refractivity contribution in [1.82, 2.24) is 14.9 Å². The van der Waals surface area contributed by atoms with Gasteiger partial charge in [-0.1, -0.05) is 6.92 Å². The van der Waals surface area contributed by atoms with Gasteiger partial charge in [-0.3, -0.25) is 9.59 Å². The fourth-order valence-electron chi connectivity index (χ4n) is 6.42. The highest BCUT2D eigenvalue weighted by atomic mass is 19.1. The summed E-state index contributed by atoms with van der Waals surface area (Å²) in [5.74, 6) is -2.10. The third kappa shape index (κ3) is 3.91. The molecule has 3 aromatic rings. The topological polar surface area (TPSA) is 183 Å².